The van der Waals surface area contributed by atoms with Crippen LogP contribution in [0.5, 0.6) is 0 Å². The summed E-state index contributed by atoms with van der Waals surface area (Å²) in [5.74, 6) is 0. The number of nitrogens with zero attached hydrogens (tertiary/aromatic N) is 1. The van der Waals surface area contributed by atoms with Crippen molar-refractivity contribution in [2.24, 2.45) is 5.73 Å². The minimum atomic E-state index is 0.234. The first-order chi connectivity index (χ1) is 8.26. The number of aliphatic hydroxyl groups is 1. The predicted octanol–water partition coefficient (Wildman–Crippen LogP) is 2.29. The zero-order valence-electron chi connectivity index (χ0n) is 9.69. The van der Waals surface area contributed by atoms with Crippen molar-refractivity contribution >= 4 is 26.8 Å². The van der Waals surface area contributed by atoms with Gasteiger partial charge in [0.25, 0.3) is 0 Å². The predicted molar refractivity (Wildman–Crippen MR) is 74.1 cm³/mol. The second-order valence-electron chi connectivity index (χ2n) is 4.13. The third kappa shape index (κ3) is 2.70. The van der Waals surface area contributed by atoms with Crippen LogP contribution in [0.15, 0.2) is 28.9 Å². The van der Waals surface area contributed by atoms with Gasteiger partial charge >= 0.3 is 0 Å². The largest absolute Gasteiger partial charge is 0.396 e. The SMILES string of the molecule is NCCn1cc(CCCO)c2cc(Br)ccc21. The zero-order chi connectivity index (χ0) is 12.3. The number of aromatic nitrogens is 1. The Morgan fingerprint density at radius 1 is 1.35 bits per heavy atom. The minimum Gasteiger partial charge on any atom is -0.396 e. The Morgan fingerprint density at radius 2 is 2.18 bits per heavy atom. The molecular weight excluding hydrogens is 280 g/mol. The van der Waals surface area contributed by atoms with Gasteiger partial charge in [-0.1, -0.05) is 15.9 Å². The Balaban J connectivity index is 2.46. The molecule has 17 heavy (non-hydrogen) atoms. The topological polar surface area (TPSA) is 51.2 Å². The van der Waals surface area contributed by atoms with Crippen molar-refractivity contribution in [2.75, 3.05) is 13.2 Å². The Kier molecular flexibility index (Phi) is 4.20. The maximum Gasteiger partial charge on any atom is 0.0484 e. The van der Waals surface area contributed by atoms with Gasteiger partial charge in [-0.3, -0.25) is 0 Å². The number of aliphatic hydroxyl groups excluding tert-OH is 1. The molecule has 2 rings (SSSR count). The van der Waals surface area contributed by atoms with Crippen molar-refractivity contribution in [3.8, 4) is 0 Å². The van der Waals surface area contributed by atoms with Crippen molar-refractivity contribution in [1.29, 1.82) is 0 Å². The first-order valence-electron chi connectivity index (χ1n) is 5.84. The number of hydrogen-bond acceptors (Lipinski definition) is 2. The number of rotatable bonds is 5. The first-order valence-corrected chi connectivity index (χ1v) is 6.63. The van der Waals surface area contributed by atoms with Gasteiger partial charge in [-0.25, -0.2) is 0 Å². The lowest BCUT2D eigenvalue weighted by Crippen LogP contribution is -2.08. The molecule has 3 N–H and O–H groups in total. The van der Waals surface area contributed by atoms with E-state index in [0.29, 0.717) is 6.54 Å². The van der Waals surface area contributed by atoms with E-state index >= 15 is 0 Å². The third-order valence-corrected chi connectivity index (χ3v) is 3.39. The molecule has 0 aliphatic carbocycles. The normalized spacial score (nSPS) is 11.2. The van der Waals surface area contributed by atoms with Gasteiger partial charge in [0.1, 0.15) is 0 Å². The Hall–Kier alpha value is -0.840. The van der Waals surface area contributed by atoms with Crippen LogP contribution in [-0.2, 0) is 13.0 Å². The molecule has 0 spiro atoms. The Labute approximate surface area is 109 Å². The lowest BCUT2D eigenvalue weighted by molar-refractivity contribution is 0.288. The molecule has 4 heteroatoms. The second kappa shape index (κ2) is 5.67. The third-order valence-electron chi connectivity index (χ3n) is 2.90. The second-order valence-corrected chi connectivity index (χ2v) is 5.04. The zero-order valence-corrected chi connectivity index (χ0v) is 11.3. The Bertz CT molecular complexity index is 507. The van der Waals surface area contributed by atoms with Crippen LogP contribution in [-0.4, -0.2) is 22.8 Å². The molecule has 0 saturated heterocycles. The number of halogens is 1. The van der Waals surface area contributed by atoms with Crippen molar-refractivity contribution in [3.05, 3.63) is 34.4 Å². The molecule has 0 fully saturated rings. The fourth-order valence-electron chi connectivity index (χ4n) is 2.14. The van der Waals surface area contributed by atoms with Crippen molar-refractivity contribution in [1.82, 2.24) is 4.57 Å². The number of nitrogens with two attached hydrogens (primary N) is 1. The maximum atomic E-state index is 8.93. The summed E-state index contributed by atoms with van der Waals surface area (Å²) < 4.78 is 3.27. The molecule has 1 heterocycles. The molecule has 92 valence electrons. The van der Waals surface area contributed by atoms with Crippen LogP contribution in [0.4, 0.5) is 0 Å². The van der Waals surface area contributed by atoms with Crippen molar-refractivity contribution < 1.29 is 5.11 Å². The van der Waals surface area contributed by atoms with Crippen LogP contribution in [0, 0.1) is 0 Å². The van der Waals surface area contributed by atoms with Gasteiger partial charge in [0.15, 0.2) is 0 Å². The van der Waals surface area contributed by atoms with Crippen LogP contribution in [0.1, 0.15) is 12.0 Å². The molecule has 0 aliphatic rings. The molecule has 0 aliphatic heterocycles. The number of fused-ring (bicyclic) bond motifs is 1. The van der Waals surface area contributed by atoms with Gasteiger partial charge in [0.05, 0.1) is 0 Å². The Morgan fingerprint density at radius 3 is 2.88 bits per heavy atom. The smallest absolute Gasteiger partial charge is 0.0484 e. The highest BCUT2D eigenvalue weighted by Gasteiger charge is 2.08. The molecule has 0 unspecified atom stereocenters. The van der Waals surface area contributed by atoms with E-state index in [4.69, 9.17) is 10.8 Å². The number of benzene rings is 1. The van der Waals surface area contributed by atoms with Crippen molar-refractivity contribution in [2.45, 2.75) is 19.4 Å². The van der Waals surface area contributed by atoms with Gasteiger partial charge in [0, 0.05) is 41.3 Å². The highest BCUT2D eigenvalue weighted by Crippen LogP contribution is 2.26. The summed E-state index contributed by atoms with van der Waals surface area (Å²) in [5.41, 5.74) is 8.12. The van der Waals surface area contributed by atoms with Crippen LogP contribution >= 0.6 is 15.9 Å². The molecule has 0 radical (unpaired) electrons. The van der Waals surface area contributed by atoms with Gasteiger partial charge in [-0.15, -0.1) is 0 Å². The molecule has 0 atom stereocenters. The van der Waals surface area contributed by atoms with E-state index in [1.165, 1.54) is 16.5 Å². The highest BCUT2D eigenvalue weighted by atomic mass is 79.9. The molecule has 0 saturated carbocycles. The van der Waals surface area contributed by atoms with Gasteiger partial charge in [-0.2, -0.15) is 0 Å². The van der Waals surface area contributed by atoms with E-state index in [9.17, 15) is 0 Å². The number of aryl methyl sites for hydroxylation is 1. The summed E-state index contributed by atoms with van der Waals surface area (Å²) in [7, 11) is 0. The molecule has 3 nitrogen and oxygen atoms in total. The van der Waals surface area contributed by atoms with Crippen LogP contribution in [0.2, 0.25) is 0 Å². The highest BCUT2D eigenvalue weighted by molar-refractivity contribution is 9.10. The van der Waals surface area contributed by atoms with Gasteiger partial charge in [0.2, 0.25) is 0 Å². The monoisotopic (exact) mass is 296 g/mol. The summed E-state index contributed by atoms with van der Waals surface area (Å²) in [6, 6.07) is 6.29. The molecule has 0 amide bonds. The summed E-state index contributed by atoms with van der Waals surface area (Å²) in [6.07, 6.45) is 3.86. The minimum absolute atomic E-state index is 0.234. The summed E-state index contributed by atoms with van der Waals surface area (Å²) >= 11 is 3.50. The summed E-state index contributed by atoms with van der Waals surface area (Å²) in [4.78, 5) is 0. The standard InChI is InChI=1S/C13H17BrN2O/c14-11-3-4-13-12(8-11)10(2-1-7-17)9-16(13)6-5-15/h3-4,8-9,17H,1-2,5-7,15H2. The first kappa shape index (κ1) is 12.6. The van der Waals surface area contributed by atoms with Crippen molar-refractivity contribution in [3.63, 3.8) is 0 Å². The average molecular weight is 297 g/mol. The van der Waals surface area contributed by atoms with Crippen LogP contribution in [0.25, 0.3) is 10.9 Å². The summed E-state index contributed by atoms with van der Waals surface area (Å²) in [6.45, 7) is 1.70. The quantitative estimate of drug-likeness (QED) is 0.889. The number of hydrogen-bond donors (Lipinski definition) is 2. The van der Waals surface area contributed by atoms with Crippen LogP contribution in [0.3, 0.4) is 0 Å². The van der Waals surface area contributed by atoms with Gasteiger partial charge < -0.3 is 15.4 Å². The maximum absolute atomic E-state index is 8.93. The van der Waals surface area contributed by atoms with Crippen LogP contribution < -0.4 is 5.73 Å². The molecule has 1 aromatic carbocycles. The molecule has 1 aromatic heterocycles. The van der Waals surface area contributed by atoms with Gasteiger partial charge in [-0.05, 0) is 36.6 Å². The lowest BCUT2D eigenvalue weighted by atomic mass is 10.1. The van der Waals surface area contributed by atoms with E-state index in [2.05, 4.69) is 38.8 Å². The van der Waals surface area contributed by atoms with E-state index in [1.807, 2.05) is 6.07 Å². The molecular formula is C13H17BrN2O. The average Bonchev–Trinajstić information content (AvgIpc) is 2.65. The fourth-order valence-corrected chi connectivity index (χ4v) is 2.50. The lowest BCUT2D eigenvalue weighted by Gasteiger charge is -2.02. The molecule has 2 aromatic rings. The van der Waals surface area contributed by atoms with E-state index in [-0.39, 0.29) is 6.61 Å². The summed E-state index contributed by atoms with van der Waals surface area (Å²) in [5, 5.41) is 10.2. The van der Waals surface area contributed by atoms with E-state index in [0.717, 1.165) is 23.9 Å². The van der Waals surface area contributed by atoms with E-state index < -0.39 is 0 Å². The molecule has 0 bridgehead atoms. The fraction of sp³-hybridized carbons (Fsp3) is 0.385. The van der Waals surface area contributed by atoms with E-state index in [1.54, 1.807) is 0 Å².